The summed E-state index contributed by atoms with van der Waals surface area (Å²) in [5.74, 6) is 0.483. The van der Waals surface area contributed by atoms with E-state index in [1.807, 2.05) is 38.1 Å². The SMILES string of the molecule is CCOc1ccc(/C=C/C(=O)O[C@H](C)C(=O)Nc2ccc(OCC)cc2)cc1. The van der Waals surface area contributed by atoms with Gasteiger partial charge in [-0.05, 0) is 68.8 Å². The lowest BCUT2D eigenvalue weighted by atomic mass is 10.2. The fourth-order valence-corrected chi connectivity index (χ4v) is 2.32. The van der Waals surface area contributed by atoms with Crippen LogP contribution in [-0.4, -0.2) is 31.2 Å². The Balaban J connectivity index is 1.84. The first-order valence-electron chi connectivity index (χ1n) is 9.17. The normalized spacial score (nSPS) is 11.7. The molecule has 28 heavy (non-hydrogen) atoms. The minimum absolute atomic E-state index is 0.410. The van der Waals surface area contributed by atoms with Crippen molar-refractivity contribution in [1.29, 1.82) is 0 Å². The molecule has 2 aromatic carbocycles. The van der Waals surface area contributed by atoms with Gasteiger partial charge in [0.15, 0.2) is 6.10 Å². The van der Waals surface area contributed by atoms with Crippen LogP contribution in [0.5, 0.6) is 11.5 Å². The average molecular weight is 383 g/mol. The fraction of sp³-hybridized carbons (Fsp3) is 0.273. The van der Waals surface area contributed by atoms with E-state index in [0.29, 0.717) is 18.9 Å². The van der Waals surface area contributed by atoms with E-state index in [1.54, 1.807) is 30.3 Å². The number of carbonyl (C=O) groups is 2. The largest absolute Gasteiger partial charge is 0.494 e. The summed E-state index contributed by atoms with van der Waals surface area (Å²) in [6.45, 7) is 6.50. The van der Waals surface area contributed by atoms with Gasteiger partial charge >= 0.3 is 5.97 Å². The van der Waals surface area contributed by atoms with E-state index >= 15 is 0 Å². The van der Waals surface area contributed by atoms with Crippen LogP contribution in [0.1, 0.15) is 26.3 Å². The van der Waals surface area contributed by atoms with E-state index in [9.17, 15) is 9.59 Å². The standard InChI is InChI=1S/C22H25NO5/c1-4-26-19-11-6-17(7-12-19)8-15-21(24)28-16(3)22(25)23-18-9-13-20(14-10-18)27-5-2/h6-16H,4-5H2,1-3H3,(H,23,25)/b15-8+/t16-/m1/s1. The number of rotatable bonds is 9. The first kappa shape index (κ1) is 21.0. The highest BCUT2D eigenvalue weighted by atomic mass is 16.5. The molecule has 0 saturated heterocycles. The number of hydrogen-bond acceptors (Lipinski definition) is 5. The average Bonchev–Trinajstić information content (AvgIpc) is 2.69. The maximum absolute atomic E-state index is 12.2. The van der Waals surface area contributed by atoms with Gasteiger partial charge in [-0.3, -0.25) is 4.79 Å². The Labute approximate surface area is 165 Å². The number of esters is 1. The van der Waals surface area contributed by atoms with E-state index in [2.05, 4.69) is 5.32 Å². The molecule has 6 nitrogen and oxygen atoms in total. The van der Waals surface area contributed by atoms with Gasteiger partial charge in [-0.2, -0.15) is 0 Å². The molecule has 0 aliphatic heterocycles. The predicted molar refractivity (Wildman–Crippen MR) is 108 cm³/mol. The van der Waals surface area contributed by atoms with Gasteiger partial charge in [0.1, 0.15) is 11.5 Å². The third kappa shape index (κ3) is 6.79. The zero-order chi connectivity index (χ0) is 20.4. The van der Waals surface area contributed by atoms with Crippen molar-refractivity contribution >= 4 is 23.6 Å². The first-order chi connectivity index (χ1) is 13.5. The quantitative estimate of drug-likeness (QED) is 0.522. The monoisotopic (exact) mass is 383 g/mol. The summed E-state index contributed by atoms with van der Waals surface area (Å²) in [4.78, 5) is 24.1. The number of carbonyl (C=O) groups excluding carboxylic acids is 2. The lowest BCUT2D eigenvalue weighted by Gasteiger charge is -2.12. The van der Waals surface area contributed by atoms with Gasteiger partial charge in [0, 0.05) is 11.8 Å². The van der Waals surface area contributed by atoms with E-state index in [0.717, 1.165) is 17.1 Å². The number of ether oxygens (including phenoxy) is 3. The van der Waals surface area contributed by atoms with Crippen molar-refractivity contribution in [2.24, 2.45) is 0 Å². The molecule has 2 aromatic rings. The zero-order valence-electron chi connectivity index (χ0n) is 16.3. The van der Waals surface area contributed by atoms with Crippen molar-refractivity contribution in [3.63, 3.8) is 0 Å². The molecule has 1 amide bonds. The minimum Gasteiger partial charge on any atom is -0.494 e. The number of amides is 1. The summed E-state index contributed by atoms with van der Waals surface area (Å²) in [6.07, 6.45) is 1.98. The molecule has 0 heterocycles. The van der Waals surface area contributed by atoms with Crippen molar-refractivity contribution < 1.29 is 23.8 Å². The van der Waals surface area contributed by atoms with Gasteiger partial charge in [-0.15, -0.1) is 0 Å². The molecule has 6 heteroatoms. The minimum atomic E-state index is -0.927. The van der Waals surface area contributed by atoms with Crippen LogP contribution in [0.2, 0.25) is 0 Å². The maximum Gasteiger partial charge on any atom is 0.331 e. The Kier molecular flexibility index (Phi) is 8.09. The van der Waals surface area contributed by atoms with E-state index in [-0.39, 0.29) is 0 Å². The number of nitrogens with one attached hydrogen (secondary N) is 1. The summed E-state index contributed by atoms with van der Waals surface area (Å²) >= 11 is 0. The first-order valence-corrected chi connectivity index (χ1v) is 9.17. The van der Waals surface area contributed by atoms with E-state index in [1.165, 1.54) is 13.0 Å². The lowest BCUT2D eigenvalue weighted by molar-refractivity contribution is -0.148. The van der Waals surface area contributed by atoms with Crippen LogP contribution in [0, 0.1) is 0 Å². The Morgan fingerprint density at radius 1 is 0.929 bits per heavy atom. The Morgan fingerprint density at radius 2 is 1.46 bits per heavy atom. The molecular formula is C22H25NO5. The summed E-state index contributed by atoms with van der Waals surface area (Å²) in [7, 11) is 0. The number of benzene rings is 2. The molecule has 0 aliphatic rings. The van der Waals surface area contributed by atoms with E-state index in [4.69, 9.17) is 14.2 Å². The number of hydrogen-bond donors (Lipinski definition) is 1. The van der Waals surface area contributed by atoms with Gasteiger partial charge in [0.05, 0.1) is 13.2 Å². The Hall–Kier alpha value is -3.28. The van der Waals surface area contributed by atoms with Crippen LogP contribution in [0.25, 0.3) is 6.08 Å². The van der Waals surface area contributed by atoms with Gasteiger partial charge < -0.3 is 19.5 Å². The Morgan fingerprint density at radius 3 is 2.00 bits per heavy atom. The third-order valence-corrected chi connectivity index (χ3v) is 3.70. The molecule has 0 unspecified atom stereocenters. The van der Waals surface area contributed by atoms with Crippen LogP contribution in [0.15, 0.2) is 54.6 Å². The molecule has 2 rings (SSSR count). The molecule has 148 valence electrons. The van der Waals surface area contributed by atoms with Gasteiger partial charge in [-0.25, -0.2) is 4.79 Å². The Bertz CT molecular complexity index is 797. The second kappa shape index (κ2) is 10.8. The second-order valence-electron chi connectivity index (χ2n) is 5.86. The van der Waals surface area contributed by atoms with Crippen molar-refractivity contribution in [1.82, 2.24) is 0 Å². The molecule has 1 N–H and O–H groups in total. The lowest BCUT2D eigenvalue weighted by Crippen LogP contribution is -2.29. The molecule has 0 radical (unpaired) electrons. The van der Waals surface area contributed by atoms with Gasteiger partial charge in [0.2, 0.25) is 0 Å². The number of anilines is 1. The molecule has 0 saturated carbocycles. The molecule has 0 fully saturated rings. The summed E-state index contributed by atoms with van der Waals surface area (Å²) in [5.41, 5.74) is 1.42. The molecule has 1 atom stereocenters. The topological polar surface area (TPSA) is 73.9 Å². The van der Waals surface area contributed by atoms with Crippen LogP contribution < -0.4 is 14.8 Å². The zero-order valence-corrected chi connectivity index (χ0v) is 16.3. The molecule has 0 spiro atoms. The highest BCUT2D eigenvalue weighted by Crippen LogP contribution is 2.16. The van der Waals surface area contributed by atoms with Crippen molar-refractivity contribution in [2.75, 3.05) is 18.5 Å². The molecular weight excluding hydrogens is 358 g/mol. The molecule has 0 aromatic heterocycles. The van der Waals surface area contributed by atoms with Gasteiger partial charge in [-0.1, -0.05) is 12.1 Å². The maximum atomic E-state index is 12.2. The van der Waals surface area contributed by atoms with Crippen LogP contribution >= 0.6 is 0 Å². The second-order valence-corrected chi connectivity index (χ2v) is 5.86. The molecule has 0 bridgehead atoms. The highest BCUT2D eigenvalue weighted by molar-refractivity contribution is 5.96. The fourth-order valence-electron chi connectivity index (χ4n) is 2.32. The van der Waals surface area contributed by atoms with Crippen molar-refractivity contribution in [3.05, 3.63) is 60.2 Å². The van der Waals surface area contributed by atoms with Crippen molar-refractivity contribution in [3.8, 4) is 11.5 Å². The van der Waals surface area contributed by atoms with E-state index < -0.39 is 18.0 Å². The molecule has 0 aliphatic carbocycles. The van der Waals surface area contributed by atoms with Crippen LogP contribution in [0.3, 0.4) is 0 Å². The highest BCUT2D eigenvalue weighted by Gasteiger charge is 2.16. The summed E-state index contributed by atoms with van der Waals surface area (Å²) in [6, 6.07) is 14.3. The summed E-state index contributed by atoms with van der Waals surface area (Å²) < 4.78 is 15.9. The van der Waals surface area contributed by atoms with Crippen molar-refractivity contribution in [2.45, 2.75) is 26.9 Å². The third-order valence-electron chi connectivity index (χ3n) is 3.70. The summed E-state index contributed by atoms with van der Waals surface area (Å²) in [5, 5.41) is 2.70. The van der Waals surface area contributed by atoms with Crippen LogP contribution in [-0.2, 0) is 14.3 Å². The predicted octanol–water partition coefficient (Wildman–Crippen LogP) is 4.07. The smallest absolute Gasteiger partial charge is 0.331 e. The van der Waals surface area contributed by atoms with Gasteiger partial charge in [0.25, 0.3) is 5.91 Å². The van der Waals surface area contributed by atoms with Crippen LogP contribution in [0.4, 0.5) is 5.69 Å².